The normalized spacial score (nSPS) is 21.1. The summed E-state index contributed by atoms with van der Waals surface area (Å²) >= 11 is 6.37. The zero-order valence-electron chi connectivity index (χ0n) is 19.1. The van der Waals surface area contributed by atoms with E-state index in [1.54, 1.807) is 40.0 Å². The van der Waals surface area contributed by atoms with Crippen molar-refractivity contribution in [2.75, 3.05) is 33.4 Å². The van der Waals surface area contributed by atoms with Crippen molar-refractivity contribution in [1.29, 1.82) is 0 Å². The molecule has 2 atom stereocenters. The summed E-state index contributed by atoms with van der Waals surface area (Å²) in [5.41, 5.74) is 1.07. The van der Waals surface area contributed by atoms with E-state index in [1.807, 2.05) is 4.90 Å². The molecule has 0 bridgehead atoms. The second-order valence-electron chi connectivity index (χ2n) is 8.91. The molecule has 9 nitrogen and oxygen atoms in total. The van der Waals surface area contributed by atoms with Crippen molar-refractivity contribution in [3.8, 4) is 0 Å². The first-order valence-corrected chi connectivity index (χ1v) is 11.8. The van der Waals surface area contributed by atoms with E-state index < -0.39 is 17.9 Å². The number of aliphatic carboxylic acids is 1. The van der Waals surface area contributed by atoms with Gasteiger partial charge in [0, 0.05) is 44.5 Å². The first kappa shape index (κ1) is 24.2. The molecule has 1 aromatic heterocycles. The Morgan fingerprint density at radius 2 is 1.88 bits per heavy atom. The number of amides is 2. The summed E-state index contributed by atoms with van der Waals surface area (Å²) in [6.45, 7) is 2.47. The SMILES string of the molecule is COCC(=O)N1CCC(Cn2cc(C(=O)N3CC[C@@H](C(=O)O)[C@H]3c3ccccc3Cl)cn2)CC1. The Hall–Kier alpha value is -2.91. The number of likely N-dealkylation sites (tertiary alicyclic amines) is 2. The average molecular weight is 489 g/mol. The van der Waals surface area contributed by atoms with Crippen LogP contribution in [0, 0.1) is 11.8 Å². The van der Waals surface area contributed by atoms with E-state index in [1.165, 1.54) is 13.3 Å². The van der Waals surface area contributed by atoms with E-state index in [4.69, 9.17) is 16.3 Å². The second kappa shape index (κ2) is 10.6. The number of rotatable bonds is 7. The summed E-state index contributed by atoms with van der Waals surface area (Å²) in [7, 11) is 1.52. The monoisotopic (exact) mass is 488 g/mol. The van der Waals surface area contributed by atoms with Crippen LogP contribution < -0.4 is 0 Å². The molecule has 2 aliphatic heterocycles. The van der Waals surface area contributed by atoms with Crippen LogP contribution in [0.1, 0.15) is 41.2 Å². The van der Waals surface area contributed by atoms with Crippen LogP contribution in [0.25, 0.3) is 0 Å². The zero-order valence-corrected chi connectivity index (χ0v) is 19.9. The molecule has 4 rings (SSSR count). The maximum absolute atomic E-state index is 13.4. The molecule has 3 heterocycles. The van der Waals surface area contributed by atoms with Gasteiger partial charge in [0.1, 0.15) is 6.61 Å². The van der Waals surface area contributed by atoms with E-state index in [9.17, 15) is 19.5 Å². The third-order valence-electron chi connectivity index (χ3n) is 6.76. The lowest BCUT2D eigenvalue weighted by Crippen LogP contribution is -2.41. The largest absolute Gasteiger partial charge is 0.481 e. The van der Waals surface area contributed by atoms with Gasteiger partial charge in [-0.05, 0) is 36.8 Å². The predicted molar refractivity (Wildman–Crippen MR) is 124 cm³/mol. The van der Waals surface area contributed by atoms with Crippen LogP contribution in [0.2, 0.25) is 5.02 Å². The number of hydrogen-bond donors (Lipinski definition) is 1. The summed E-state index contributed by atoms with van der Waals surface area (Å²) in [4.78, 5) is 40.7. The summed E-state index contributed by atoms with van der Waals surface area (Å²) in [6.07, 6.45) is 5.35. The van der Waals surface area contributed by atoms with Crippen molar-refractivity contribution in [3.05, 3.63) is 52.8 Å². The standard InChI is InChI=1S/C24H29ClN4O5/c1-34-15-21(30)27-9-6-16(7-10-27)13-28-14-17(12-26-28)23(31)29-11-8-19(24(32)33)22(29)18-4-2-3-5-20(18)25/h2-5,12,14,16,19,22H,6-11,13,15H2,1H3,(H,32,33)/t19-,22-/m1/s1. The van der Waals surface area contributed by atoms with Crippen molar-refractivity contribution in [2.45, 2.75) is 31.8 Å². The van der Waals surface area contributed by atoms with Gasteiger partial charge in [-0.3, -0.25) is 19.1 Å². The van der Waals surface area contributed by atoms with Gasteiger partial charge in [0.05, 0.1) is 23.7 Å². The summed E-state index contributed by atoms with van der Waals surface area (Å²) in [6, 6.07) is 6.44. The van der Waals surface area contributed by atoms with Gasteiger partial charge >= 0.3 is 5.97 Å². The number of carboxylic acids is 1. The lowest BCUT2D eigenvalue weighted by molar-refractivity contribution is -0.142. The molecule has 2 saturated heterocycles. The van der Waals surface area contributed by atoms with Crippen molar-refractivity contribution < 1.29 is 24.2 Å². The Balaban J connectivity index is 1.43. The van der Waals surface area contributed by atoms with Crippen LogP contribution in [-0.2, 0) is 20.9 Å². The van der Waals surface area contributed by atoms with Crippen LogP contribution in [0.15, 0.2) is 36.7 Å². The topological polar surface area (TPSA) is 105 Å². The molecule has 0 unspecified atom stereocenters. The fourth-order valence-electron chi connectivity index (χ4n) is 4.96. The number of carbonyl (C=O) groups is 3. The second-order valence-corrected chi connectivity index (χ2v) is 9.31. The third-order valence-corrected chi connectivity index (χ3v) is 7.10. The molecule has 1 aromatic carbocycles. The number of halogens is 1. The Morgan fingerprint density at radius 1 is 1.15 bits per heavy atom. The van der Waals surface area contributed by atoms with Gasteiger partial charge in [-0.2, -0.15) is 5.10 Å². The number of carbonyl (C=O) groups excluding carboxylic acids is 2. The Bertz CT molecular complexity index is 1050. The van der Waals surface area contributed by atoms with Gasteiger partial charge in [0.25, 0.3) is 5.91 Å². The van der Waals surface area contributed by atoms with Crippen LogP contribution in [0.3, 0.4) is 0 Å². The lowest BCUT2D eigenvalue weighted by Gasteiger charge is -2.31. The van der Waals surface area contributed by atoms with E-state index >= 15 is 0 Å². The van der Waals surface area contributed by atoms with Gasteiger partial charge in [0.2, 0.25) is 5.91 Å². The molecular weight excluding hydrogens is 460 g/mol. The van der Waals surface area contributed by atoms with E-state index in [0.29, 0.717) is 54.7 Å². The van der Waals surface area contributed by atoms with Crippen molar-refractivity contribution in [3.63, 3.8) is 0 Å². The quantitative estimate of drug-likeness (QED) is 0.642. The van der Waals surface area contributed by atoms with E-state index in [-0.39, 0.29) is 18.4 Å². The average Bonchev–Trinajstić information content (AvgIpc) is 3.47. The molecule has 0 spiro atoms. The van der Waals surface area contributed by atoms with Gasteiger partial charge in [-0.25, -0.2) is 0 Å². The predicted octanol–water partition coefficient (Wildman–Crippen LogP) is 2.71. The third kappa shape index (κ3) is 5.10. The van der Waals surface area contributed by atoms with Crippen molar-refractivity contribution in [1.82, 2.24) is 19.6 Å². The number of carboxylic acid groups (broad SMARTS) is 1. The maximum atomic E-state index is 13.4. The molecule has 2 aromatic rings. The van der Waals surface area contributed by atoms with Crippen LogP contribution in [0.5, 0.6) is 0 Å². The molecular formula is C24H29ClN4O5. The molecule has 34 heavy (non-hydrogen) atoms. The number of piperidine rings is 1. The highest BCUT2D eigenvalue weighted by Gasteiger charge is 2.43. The highest BCUT2D eigenvalue weighted by molar-refractivity contribution is 6.31. The molecule has 182 valence electrons. The van der Waals surface area contributed by atoms with Gasteiger partial charge in [0.15, 0.2) is 0 Å². The Kier molecular flexibility index (Phi) is 7.53. The van der Waals surface area contributed by atoms with Crippen molar-refractivity contribution >= 4 is 29.4 Å². The molecule has 1 N–H and O–H groups in total. The van der Waals surface area contributed by atoms with E-state index in [2.05, 4.69) is 5.10 Å². The number of hydrogen-bond acceptors (Lipinski definition) is 5. The van der Waals surface area contributed by atoms with Gasteiger partial charge < -0.3 is 19.6 Å². The zero-order chi connectivity index (χ0) is 24.2. The van der Waals surface area contributed by atoms with Crippen LogP contribution in [-0.4, -0.2) is 75.8 Å². The molecule has 10 heteroatoms. The Morgan fingerprint density at radius 3 is 2.56 bits per heavy atom. The minimum Gasteiger partial charge on any atom is -0.481 e. The van der Waals surface area contributed by atoms with Gasteiger partial charge in [-0.1, -0.05) is 29.8 Å². The fraction of sp³-hybridized carbons (Fsp3) is 0.500. The summed E-state index contributed by atoms with van der Waals surface area (Å²) in [5, 5.41) is 14.6. The van der Waals surface area contributed by atoms with Crippen LogP contribution >= 0.6 is 11.6 Å². The summed E-state index contributed by atoms with van der Waals surface area (Å²) in [5.74, 6) is -1.55. The molecule has 2 aliphatic rings. The lowest BCUT2D eigenvalue weighted by atomic mass is 9.93. The first-order valence-electron chi connectivity index (χ1n) is 11.5. The summed E-state index contributed by atoms with van der Waals surface area (Å²) < 4.78 is 6.69. The molecule has 0 aliphatic carbocycles. The number of ether oxygens (including phenoxy) is 1. The van der Waals surface area contributed by atoms with Crippen LogP contribution in [0.4, 0.5) is 0 Å². The maximum Gasteiger partial charge on any atom is 0.309 e. The Labute approximate surface area is 203 Å². The van der Waals surface area contributed by atoms with E-state index in [0.717, 1.165) is 12.8 Å². The highest BCUT2D eigenvalue weighted by Crippen LogP contribution is 2.41. The number of methoxy groups -OCH3 is 1. The molecule has 0 saturated carbocycles. The fourth-order valence-corrected chi connectivity index (χ4v) is 5.21. The first-order chi connectivity index (χ1) is 16.4. The molecule has 0 radical (unpaired) electrons. The molecule has 2 amide bonds. The van der Waals surface area contributed by atoms with Gasteiger partial charge in [-0.15, -0.1) is 0 Å². The molecule has 2 fully saturated rings. The number of nitrogens with zero attached hydrogens (tertiary/aromatic N) is 4. The highest BCUT2D eigenvalue weighted by atomic mass is 35.5. The number of benzene rings is 1. The number of aromatic nitrogens is 2. The minimum atomic E-state index is -0.939. The smallest absolute Gasteiger partial charge is 0.309 e. The minimum absolute atomic E-state index is 0.00581. The van der Waals surface area contributed by atoms with Crippen molar-refractivity contribution in [2.24, 2.45) is 11.8 Å².